The first-order chi connectivity index (χ1) is 14.5. The van der Waals surface area contributed by atoms with Gasteiger partial charge in [0.05, 0.1) is 5.75 Å². The van der Waals surface area contributed by atoms with Gasteiger partial charge in [0, 0.05) is 12.7 Å². The molecule has 2 aromatic carbocycles. The van der Waals surface area contributed by atoms with E-state index in [2.05, 4.69) is 41.5 Å². The van der Waals surface area contributed by atoms with Crippen molar-refractivity contribution in [3.8, 4) is 5.75 Å². The Morgan fingerprint density at radius 3 is 2.43 bits per heavy atom. The molecule has 0 aliphatic rings. The number of hydrogen-bond donors (Lipinski definition) is 1. The summed E-state index contributed by atoms with van der Waals surface area (Å²) in [7, 11) is 1.89. The molecule has 30 heavy (non-hydrogen) atoms. The SMILES string of the molecule is CCc1cccc(CC)c1NC(=O)CSc1nnc(COc2ccccc2C)n1C. The number of nitrogens with zero attached hydrogens (tertiary/aromatic N) is 3. The summed E-state index contributed by atoms with van der Waals surface area (Å²) < 4.78 is 7.73. The second kappa shape index (κ2) is 10.3. The lowest BCUT2D eigenvalue weighted by Gasteiger charge is -2.14. The zero-order valence-electron chi connectivity index (χ0n) is 17.9. The third kappa shape index (κ3) is 5.21. The Bertz CT molecular complexity index is 994. The van der Waals surface area contributed by atoms with Crippen LogP contribution in [0, 0.1) is 6.92 Å². The normalized spacial score (nSPS) is 10.8. The summed E-state index contributed by atoms with van der Waals surface area (Å²) >= 11 is 1.37. The molecule has 6 nitrogen and oxygen atoms in total. The van der Waals surface area contributed by atoms with Crippen LogP contribution >= 0.6 is 11.8 Å². The van der Waals surface area contributed by atoms with Gasteiger partial charge in [0.15, 0.2) is 11.0 Å². The highest BCUT2D eigenvalue weighted by molar-refractivity contribution is 7.99. The van der Waals surface area contributed by atoms with Crippen LogP contribution in [0.2, 0.25) is 0 Å². The van der Waals surface area contributed by atoms with Crippen molar-refractivity contribution in [1.29, 1.82) is 0 Å². The number of anilines is 1. The van der Waals surface area contributed by atoms with Crippen LogP contribution in [-0.4, -0.2) is 26.4 Å². The Morgan fingerprint density at radius 1 is 1.07 bits per heavy atom. The highest BCUT2D eigenvalue weighted by Crippen LogP contribution is 2.24. The van der Waals surface area contributed by atoms with Gasteiger partial charge in [-0.3, -0.25) is 4.79 Å². The van der Waals surface area contributed by atoms with E-state index < -0.39 is 0 Å². The summed E-state index contributed by atoms with van der Waals surface area (Å²) in [5, 5.41) is 12.2. The monoisotopic (exact) mass is 424 g/mol. The average molecular weight is 425 g/mol. The molecule has 3 rings (SSSR count). The van der Waals surface area contributed by atoms with Gasteiger partial charge in [-0.1, -0.05) is 62.0 Å². The summed E-state index contributed by atoms with van der Waals surface area (Å²) in [6.45, 7) is 6.52. The smallest absolute Gasteiger partial charge is 0.234 e. The van der Waals surface area contributed by atoms with Crippen molar-refractivity contribution in [1.82, 2.24) is 14.8 Å². The van der Waals surface area contributed by atoms with E-state index >= 15 is 0 Å². The van der Waals surface area contributed by atoms with Crippen LogP contribution in [0.5, 0.6) is 5.75 Å². The number of aromatic nitrogens is 3. The van der Waals surface area contributed by atoms with E-state index in [1.807, 2.05) is 48.9 Å². The number of amides is 1. The lowest BCUT2D eigenvalue weighted by molar-refractivity contribution is -0.113. The Hall–Kier alpha value is -2.80. The number of ether oxygens (including phenoxy) is 1. The fourth-order valence-electron chi connectivity index (χ4n) is 3.17. The van der Waals surface area contributed by atoms with E-state index in [1.165, 1.54) is 11.8 Å². The van der Waals surface area contributed by atoms with E-state index in [0.29, 0.717) is 17.6 Å². The summed E-state index contributed by atoms with van der Waals surface area (Å²) in [5.74, 6) is 1.77. The van der Waals surface area contributed by atoms with Crippen LogP contribution in [0.1, 0.15) is 36.4 Å². The second-order valence-corrected chi connectivity index (χ2v) is 7.95. The number of hydrogen-bond acceptors (Lipinski definition) is 5. The van der Waals surface area contributed by atoms with E-state index in [1.54, 1.807) is 0 Å². The first kappa shape index (κ1) is 21.9. The maximum Gasteiger partial charge on any atom is 0.234 e. The van der Waals surface area contributed by atoms with Crippen molar-refractivity contribution in [3.63, 3.8) is 0 Å². The molecular formula is C23H28N4O2S. The minimum absolute atomic E-state index is 0.0451. The van der Waals surface area contributed by atoms with Crippen molar-refractivity contribution in [2.45, 2.75) is 45.4 Å². The van der Waals surface area contributed by atoms with Gasteiger partial charge in [0.25, 0.3) is 0 Å². The summed E-state index contributed by atoms with van der Waals surface area (Å²) in [6.07, 6.45) is 1.76. The Balaban J connectivity index is 1.59. The molecule has 0 unspecified atom stereocenters. The summed E-state index contributed by atoms with van der Waals surface area (Å²) in [4.78, 5) is 12.6. The topological polar surface area (TPSA) is 69.0 Å². The molecule has 0 radical (unpaired) electrons. The van der Waals surface area contributed by atoms with Crippen LogP contribution in [-0.2, 0) is 31.3 Å². The first-order valence-corrected chi connectivity index (χ1v) is 11.1. The van der Waals surface area contributed by atoms with E-state index in [4.69, 9.17) is 4.74 Å². The van der Waals surface area contributed by atoms with Crippen molar-refractivity contribution in [2.75, 3.05) is 11.1 Å². The largest absolute Gasteiger partial charge is 0.485 e. The molecule has 0 fully saturated rings. The summed E-state index contributed by atoms with van der Waals surface area (Å²) in [6, 6.07) is 14.0. The van der Waals surface area contributed by atoms with Crippen molar-refractivity contribution in [3.05, 3.63) is 65.0 Å². The Kier molecular flexibility index (Phi) is 7.52. The average Bonchev–Trinajstić information content (AvgIpc) is 3.11. The van der Waals surface area contributed by atoms with Crippen molar-refractivity contribution >= 4 is 23.4 Å². The molecule has 0 atom stereocenters. The van der Waals surface area contributed by atoms with Gasteiger partial charge < -0.3 is 14.6 Å². The molecule has 1 heterocycles. The molecule has 7 heteroatoms. The van der Waals surface area contributed by atoms with Gasteiger partial charge in [-0.15, -0.1) is 10.2 Å². The molecule has 1 N–H and O–H groups in total. The van der Waals surface area contributed by atoms with Crippen LogP contribution < -0.4 is 10.1 Å². The van der Waals surface area contributed by atoms with Gasteiger partial charge in [0.1, 0.15) is 12.4 Å². The number of para-hydroxylation sites is 2. The molecule has 0 saturated carbocycles. The van der Waals surface area contributed by atoms with Gasteiger partial charge in [0.2, 0.25) is 5.91 Å². The number of aryl methyl sites for hydroxylation is 3. The van der Waals surface area contributed by atoms with Gasteiger partial charge >= 0.3 is 0 Å². The lowest BCUT2D eigenvalue weighted by Crippen LogP contribution is -2.17. The van der Waals surface area contributed by atoms with Crippen LogP contribution in [0.3, 0.4) is 0 Å². The number of rotatable bonds is 9. The predicted octanol–water partition coefficient (Wildman–Crippen LogP) is 4.56. The highest BCUT2D eigenvalue weighted by atomic mass is 32.2. The quantitative estimate of drug-likeness (QED) is 0.510. The van der Waals surface area contributed by atoms with Crippen molar-refractivity contribution < 1.29 is 9.53 Å². The fraction of sp³-hybridized carbons (Fsp3) is 0.348. The van der Waals surface area contributed by atoms with Crippen LogP contribution in [0.4, 0.5) is 5.69 Å². The van der Waals surface area contributed by atoms with Gasteiger partial charge in [-0.05, 0) is 42.5 Å². The fourth-order valence-corrected chi connectivity index (χ4v) is 3.90. The molecule has 0 aliphatic carbocycles. The standard InChI is InChI=1S/C23H28N4O2S/c1-5-17-11-9-12-18(6-2)22(17)24-21(28)15-30-23-26-25-20(27(23)4)14-29-19-13-8-7-10-16(19)3/h7-13H,5-6,14-15H2,1-4H3,(H,24,28). The van der Waals surface area contributed by atoms with E-state index in [0.717, 1.165) is 41.0 Å². The van der Waals surface area contributed by atoms with Crippen LogP contribution in [0.15, 0.2) is 47.6 Å². The second-order valence-electron chi connectivity index (χ2n) is 7.01. The van der Waals surface area contributed by atoms with Gasteiger partial charge in [-0.2, -0.15) is 0 Å². The third-order valence-corrected chi connectivity index (χ3v) is 5.99. The molecular weight excluding hydrogens is 396 g/mol. The minimum atomic E-state index is -0.0451. The molecule has 1 aromatic heterocycles. The molecule has 0 bridgehead atoms. The highest BCUT2D eigenvalue weighted by Gasteiger charge is 2.14. The van der Waals surface area contributed by atoms with E-state index in [-0.39, 0.29) is 11.7 Å². The van der Waals surface area contributed by atoms with Crippen molar-refractivity contribution in [2.24, 2.45) is 7.05 Å². The number of carbonyl (C=O) groups excluding carboxylic acids is 1. The number of thioether (sulfide) groups is 1. The third-order valence-electron chi connectivity index (χ3n) is 4.97. The zero-order valence-corrected chi connectivity index (χ0v) is 18.8. The molecule has 0 saturated heterocycles. The van der Waals surface area contributed by atoms with E-state index in [9.17, 15) is 4.79 Å². The lowest BCUT2D eigenvalue weighted by atomic mass is 10.0. The van der Waals surface area contributed by atoms with Gasteiger partial charge in [-0.25, -0.2) is 0 Å². The Morgan fingerprint density at radius 2 is 1.77 bits per heavy atom. The molecule has 3 aromatic rings. The maximum atomic E-state index is 12.6. The maximum absolute atomic E-state index is 12.6. The predicted molar refractivity (Wildman–Crippen MR) is 121 cm³/mol. The molecule has 158 valence electrons. The molecule has 0 spiro atoms. The van der Waals surface area contributed by atoms with Crippen LogP contribution in [0.25, 0.3) is 0 Å². The number of carbonyl (C=O) groups is 1. The Labute approximate surface area is 182 Å². The molecule has 0 aliphatic heterocycles. The first-order valence-electron chi connectivity index (χ1n) is 10.1. The zero-order chi connectivity index (χ0) is 21.5. The summed E-state index contributed by atoms with van der Waals surface area (Å²) in [5.41, 5.74) is 4.33. The molecule has 1 amide bonds. The minimum Gasteiger partial charge on any atom is -0.485 e. The number of nitrogens with one attached hydrogen (secondary N) is 1. The number of benzene rings is 2.